The number of pyridine rings is 1. The van der Waals surface area contributed by atoms with Crippen molar-refractivity contribution in [2.75, 3.05) is 11.9 Å². The van der Waals surface area contributed by atoms with E-state index < -0.39 is 5.82 Å². The lowest BCUT2D eigenvalue weighted by Gasteiger charge is -2.09. The Balaban J connectivity index is 1.61. The van der Waals surface area contributed by atoms with Gasteiger partial charge in [0.25, 0.3) is 5.91 Å². The first kappa shape index (κ1) is 17.5. The zero-order valence-electron chi connectivity index (χ0n) is 13.9. The molecule has 132 valence electrons. The number of anilines is 2. The zero-order valence-corrected chi connectivity index (χ0v) is 13.9. The van der Waals surface area contributed by atoms with Crippen LogP contribution in [0.3, 0.4) is 0 Å². The van der Waals surface area contributed by atoms with E-state index in [1.807, 2.05) is 0 Å². The molecule has 0 aliphatic rings. The largest absolute Gasteiger partial charge is 0.352 e. The first-order chi connectivity index (χ1) is 12.6. The van der Waals surface area contributed by atoms with E-state index in [0.717, 1.165) is 0 Å². The van der Waals surface area contributed by atoms with Crippen LogP contribution in [0.2, 0.25) is 0 Å². The summed E-state index contributed by atoms with van der Waals surface area (Å²) in [5.41, 5.74) is 1.20. The van der Waals surface area contributed by atoms with Gasteiger partial charge >= 0.3 is 0 Å². The number of hydrogen-bond acceptors (Lipinski definition) is 3. The minimum atomic E-state index is -0.408. The first-order valence-corrected chi connectivity index (χ1v) is 8.13. The van der Waals surface area contributed by atoms with Gasteiger partial charge in [0.1, 0.15) is 17.5 Å². The van der Waals surface area contributed by atoms with E-state index in [9.17, 15) is 13.6 Å². The van der Waals surface area contributed by atoms with E-state index in [4.69, 9.17) is 0 Å². The molecule has 0 aliphatic carbocycles. The third-order valence-corrected chi connectivity index (χ3v) is 3.80. The highest BCUT2D eigenvalue weighted by Gasteiger charge is 2.09. The summed E-state index contributed by atoms with van der Waals surface area (Å²) in [6.07, 6.45) is 1.86. The van der Waals surface area contributed by atoms with Gasteiger partial charge in [0.2, 0.25) is 0 Å². The highest BCUT2D eigenvalue weighted by molar-refractivity contribution is 5.94. The molecule has 2 N–H and O–H groups in total. The van der Waals surface area contributed by atoms with Crippen molar-refractivity contribution in [3.8, 4) is 0 Å². The predicted molar refractivity (Wildman–Crippen MR) is 96.4 cm³/mol. The Kier molecular flexibility index (Phi) is 5.53. The van der Waals surface area contributed by atoms with Gasteiger partial charge in [0.15, 0.2) is 0 Å². The molecule has 2 aromatic carbocycles. The summed E-state index contributed by atoms with van der Waals surface area (Å²) < 4.78 is 27.3. The van der Waals surface area contributed by atoms with Crippen molar-refractivity contribution in [3.05, 3.63) is 89.6 Å². The fourth-order valence-electron chi connectivity index (χ4n) is 2.45. The maximum atomic E-state index is 13.7. The van der Waals surface area contributed by atoms with Crippen LogP contribution < -0.4 is 10.6 Å². The lowest BCUT2D eigenvalue weighted by atomic mass is 10.1. The van der Waals surface area contributed by atoms with Crippen molar-refractivity contribution in [1.82, 2.24) is 10.3 Å². The number of halogens is 2. The van der Waals surface area contributed by atoms with Crippen LogP contribution in [0.1, 0.15) is 15.9 Å². The van der Waals surface area contributed by atoms with Gasteiger partial charge in [-0.05, 0) is 42.3 Å². The Morgan fingerprint density at radius 3 is 2.46 bits per heavy atom. The van der Waals surface area contributed by atoms with Gasteiger partial charge in [0.05, 0.1) is 5.69 Å². The molecule has 0 saturated heterocycles. The summed E-state index contributed by atoms with van der Waals surface area (Å²) in [6.45, 7) is 0.304. The van der Waals surface area contributed by atoms with Crippen LogP contribution >= 0.6 is 0 Å². The lowest BCUT2D eigenvalue weighted by Crippen LogP contribution is -2.26. The number of nitrogens with zero attached hydrogens (tertiary/aromatic N) is 1. The Morgan fingerprint density at radius 1 is 0.962 bits per heavy atom. The van der Waals surface area contributed by atoms with Gasteiger partial charge in [-0.15, -0.1) is 0 Å². The molecule has 0 atom stereocenters. The summed E-state index contributed by atoms with van der Waals surface area (Å²) >= 11 is 0. The van der Waals surface area contributed by atoms with Gasteiger partial charge in [-0.2, -0.15) is 0 Å². The fourth-order valence-corrected chi connectivity index (χ4v) is 2.45. The number of nitrogens with one attached hydrogen (secondary N) is 2. The van der Waals surface area contributed by atoms with Crippen LogP contribution in [0.15, 0.2) is 66.9 Å². The van der Waals surface area contributed by atoms with E-state index in [2.05, 4.69) is 15.6 Å². The van der Waals surface area contributed by atoms with Gasteiger partial charge in [-0.25, -0.2) is 13.8 Å². The molecule has 0 aliphatic heterocycles. The molecule has 4 nitrogen and oxygen atoms in total. The van der Waals surface area contributed by atoms with Crippen LogP contribution in [0.4, 0.5) is 20.3 Å². The number of amides is 1. The highest BCUT2D eigenvalue weighted by Crippen LogP contribution is 2.18. The Hall–Kier alpha value is -3.28. The maximum Gasteiger partial charge on any atom is 0.251 e. The van der Waals surface area contributed by atoms with E-state index in [0.29, 0.717) is 29.9 Å². The van der Waals surface area contributed by atoms with Crippen molar-refractivity contribution >= 4 is 17.4 Å². The molecule has 0 unspecified atom stereocenters. The molecule has 1 heterocycles. The minimum absolute atomic E-state index is 0.275. The molecular weight excluding hydrogens is 336 g/mol. The SMILES string of the molecule is O=C(NCCc1ccccc1F)c1ccnc(Nc2ccccc2F)c1. The second-order valence-electron chi connectivity index (χ2n) is 5.63. The summed E-state index contributed by atoms with van der Waals surface area (Å²) in [7, 11) is 0. The molecule has 0 fully saturated rings. The smallest absolute Gasteiger partial charge is 0.251 e. The third-order valence-electron chi connectivity index (χ3n) is 3.80. The molecule has 0 bridgehead atoms. The van der Waals surface area contributed by atoms with Gasteiger partial charge in [0, 0.05) is 18.3 Å². The van der Waals surface area contributed by atoms with Gasteiger partial charge in [-0.3, -0.25) is 4.79 Å². The standard InChI is InChI=1S/C20H17F2N3O/c21-16-6-2-1-5-14(16)9-12-24-20(26)15-10-11-23-19(13-15)25-18-8-4-3-7-17(18)22/h1-8,10-11,13H,9,12H2,(H,23,25)(H,24,26). The molecule has 0 radical (unpaired) electrons. The lowest BCUT2D eigenvalue weighted by molar-refractivity contribution is 0.0954. The monoisotopic (exact) mass is 353 g/mol. The van der Waals surface area contributed by atoms with Crippen molar-refractivity contribution < 1.29 is 13.6 Å². The summed E-state index contributed by atoms with van der Waals surface area (Å²) in [6, 6.07) is 15.8. The number of hydrogen-bond donors (Lipinski definition) is 2. The Morgan fingerprint density at radius 2 is 1.69 bits per heavy atom. The zero-order chi connectivity index (χ0) is 18.4. The quantitative estimate of drug-likeness (QED) is 0.702. The van der Waals surface area contributed by atoms with E-state index in [-0.39, 0.29) is 17.4 Å². The molecule has 3 rings (SSSR count). The average molecular weight is 353 g/mol. The number of aromatic nitrogens is 1. The summed E-state index contributed by atoms with van der Waals surface area (Å²) in [5, 5.41) is 5.58. The highest BCUT2D eigenvalue weighted by atomic mass is 19.1. The number of rotatable bonds is 6. The third kappa shape index (κ3) is 4.42. The molecule has 6 heteroatoms. The van der Waals surface area contributed by atoms with Crippen molar-refractivity contribution in [2.45, 2.75) is 6.42 Å². The van der Waals surface area contributed by atoms with Crippen molar-refractivity contribution in [1.29, 1.82) is 0 Å². The van der Waals surface area contributed by atoms with Gasteiger partial charge < -0.3 is 10.6 Å². The van der Waals surface area contributed by atoms with Crippen molar-refractivity contribution in [3.63, 3.8) is 0 Å². The van der Waals surface area contributed by atoms with Crippen molar-refractivity contribution in [2.24, 2.45) is 0 Å². The average Bonchev–Trinajstić information content (AvgIpc) is 2.65. The Bertz CT molecular complexity index is 915. The fraction of sp³-hybridized carbons (Fsp3) is 0.100. The maximum absolute atomic E-state index is 13.7. The van der Waals surface area contributed by atoms with Crippen LogP contribution in [0.25, 0.3) is 0 Å². The number of carbonyl (C=O) groups is 1. The molecule has 1 aromatic heterocycles. The van der Waals surface area contributed by atoms with E-state index >= 15 is 0 Å². The molecule has 1 amide bonds. The molecule has 3 aromatic rings. The summed E-state index contributed by atoms with van der Waals surface area (Å²) in [4.78, 5) is 16.3. The normalized spacial score (nSPS) is 10.4. The Labute approximate surface area is 149 Å². The molecular formula is C20H17F2N3O. The topological polar surface area (TPSA) is 54.0 Å². The van der Waals surface area contributed by atoms with Crippen LogP contribution in [0.5, 0.6) is 0 Å². The molecule has 0 saturated carbocycles. The van der Waals surface area contributed by atoms with Gasteiger partial charge in [-0.1, -0.05) is 30.3 Å². The summed E-state index contributed by atoms with van der Waals surface area (Å²) in [5.74, 6) is -0.645. The van der Waals surface area contributed by atoms with E-state index in [1.54, 1.807) is 42.5 Å². The first-order valence-electron chi connectivity index (χ1n) is 8.13. The van der Waals surface area contributed by atoms with Crippen LogP contribution in [0, 0.1) is 11.6 Å². The van der Waals surface area contributed by atoms with Crippen LogP contribution in [-0.2, 0) is 6.42 Å². The van der Waals surface area contributed by atoms with E-state index in [1.165, 1.54) is 24.4 Å². The molecule has 0 spiro atoms. The van der Waals surface area contributed by atoms with Crippen LogP contribution in [-0.4, -0.2) is 17.4 Å². The number of para-hydroxylation sites is 1. The minimum Gasteiger partial charge on any atom is -0.352 e. The second kappa shape index (κ2) is 8.20. The number of carbonyl (C=O) groups excluding carboxylic acids is 1. The second-order valence-corrected chi connectivity index (χ2v) is 5.63. The predicted octanol–water partition coefficient (Wildman–Crippen LogP) is 4.08. The number of benzene rings is 2. The molecule has 26 heavy (non-hydrogen) atoms.